The molecule has 0 spiro atoms. The monoisotopic (exact) mass is 230 g/mol. The molecule has 2 nitrogen and oxygen atoms in total. The highest BCUT2D eigenvalue weighted by Gasteiger charge is 2.25. The van der Waals surface area contributed by atoms with Crippen molar-refractivity contribution >= 4 is 23.2 Å². The van der Waals surface area contributed by atoms with Crippen LogP contribution in [-0.4, -0.2) is 19.1 Å². The maximum atomic E-state index is 5.96. The van der Waals surface area contributed by atoms with Gasteiger partial charge in [-0.3, -0.25) is 0 Å². The van der Waals surface area contributed by atoms with Gasteiger partial charge in [-0.15, -0.1) is 0 Å². The summed E-state index contributed by atoms with van der Waals surface area (Å²) in [5, 5.41) is 4.45. The van der Waals surface area contributed by atoms with Crippen LogP contribution in [-0.2, 0) is 0 Å². The largest absolute Gasteiger partial charge is 0.326 e. The van der Waals surface area contributed by atoms with E-state index in [0.717, 1.165) is 18.7 Å². The quantitative estimate of drug-likeness (QED) is 0.775. The summed E-state index contributed by atoms with van der Waals surface area (Å²) in [5.74, 6) is 0.352. The van der Waals surface area contributed by atoms with Crippen LogP contribution in [0.4, 0.5) is 0 Å². The van der Waals surface area contributed by atoms with Crippen LogP contribution < -0.4 is 11.1 Å². The third kappa shape index (κ3) is 1.89. The number of hydrogen-bond acceptors (Lipinski definition) is 2. The van der Waals surface area contributed by atoms with E-state index in [9.17, 15) is 0 Å². The maximum absolute atomic E-state index is 5.96. The molecule has 1 aromatic rings. The third-order valence-corrected chi connectivity index (χ3v) is 3.37. The van der Waals surface area contributed by atoms with E-state index in [1.165, 1.54) is 0 Å². The SMILES string of the molecule is NC1CNCC1c1ccc(Cl)c(Cl)c1. The summed E-state index contributed by atoms with van der Waals surface area (Å²) in [7, 11) is 0. The summed E-state index contributed by atoms with van der Waals surface area (Å²) in [4.78, 5) is 0. The van der Waals surface area contributed by atoms with E-state index < -0.39 is 0 Å². The molecule has 4 heteroatoms. The van der Waals surface area contributed by atoms with Gasteiger partial charge in [-0.1, -0.05) is 29.3 Å². The number of nitrogens with one attached hydrogen (secondary N) is 1. The van der Waals surface area contributed by atoms with Crippen molar-refractivity contribution in [3.63, 3.8) is 0 Å². The first-order valence-electron chi connectivity index (χ1n) is 4.59. The number of rotatable bonds is 1. The molecule has 3 N–H and O–H groups in total. The van der Waals surface area contributed by atoms with Crippen LogP contribution in [0.5, 0.6) is 0 Å². The van der Waals surface area contributed by atoms with Crippen molar-refractivity contribution in [1.82, 2.24) is 5.32 Å². The molecule has 2 unspecified atom stereocenters. The highest BCUT2D eigenvalue weighted by molar-refractivity contribution is 6.42. The van der Waals surface area contributed by atoms with E-state index in [1.807, 2.05) is 18.2 Å². The van der Waals surface area contributed by atoms with Crippen LogP contribution in [0.25, 0.3) is 0 Å². The van der Waals surface area contributed by atoms with Crippen LogP contribution in [0.15, 0.2) is 18.2 Å². The van der Waals surface area contributed by atoms with Crippen molar-refractivity contribution < 1.29 is 0 Å². The molecule has 0 radical (unpaired) electrons. The zero-order valence-electron chi connectivity index (χ0n) is 7.63. The number of hydrogen-bond donors (Lipinski definition) is 2. The zero-order valence-corrected chi connectivity index (χ0v) is 9.15. The first kappa shape index (κ1) is 10.2. The Bertz CT molecular complexity index is 341. The first-order valence-corrected chi connectivity index (χ1v) is 5.35. The molecule has 0 aromatic heterocycles. The number of halogens is 2. The number of benzene rings is 1. The smallest absolute Gasteiger partial charge is 0.0595 e. The van der Waals surface area contributed by atoms with E-state index in [2.05, 4.69) is 5.32 Å². The Balaban J connectivity index is 2.28. The van der Waals surface area contributed by atoms with Crippen molar-refractivity contribution in [2.75, 3.05) is 13.1 Å². The molecule has 14 heavy (non-hydrogen) atoms. The molecule has 1 aromatic carbocycles. The summed E-state index contributed by atoms with van der Waals surface area (Å²) < 4.78 is 0. The van der Waals surface area contributed by atoms with Crippen molar-refractivity contribution in [3.8, 4) is 0 Å². The molecule has 1 heterocycles. The molecular weight excluding hydrogens is 219 g/mol. The van der Waals surface area contributed by atoms with Crippen molar-refractivity contribution in [2.45, 2.75) is 12.0 Å². The first-order chi connectivity index (χ1) is 6.68. The third-order valence-electron chi connectivity index (χ3n) is 2.63. The second-order valence-electron chi connectivity index (χ2n) is 3.60. The van der Waals surface area contributed by atoms with Crippen LogP contribution in [0.1, 0.15) is 11.5 Å². The zero-order chi connectivity index (χ0) is 10.1. The fourth-order valence-electron chi connectivity index (χ4n) is 1.81. The average molecular weight is 231 g/mol. The van der Waals surface area contributed by atoms with E-state index in [1.54, 1.807) is 0 Å². The Morgan fingerprint density at radius 1 is 1.21 bits per heavy atom. The normalized spacial score (nSPS) is 26.8. The van der Waals surface area contributed by atoms with E-state index in [4.69, 9.17) is 28.9 Å². The van der Waals surface area contributed by atoms with E-state index in [0.29, 0.717) is 16.0 Å². The highest BCUT2D eigenvalue weighted by Crippen LogP contribution is 2.28. The minimum atomic E-state index is 0.173. The Morgan fingerprint density at radius 2 is 2.00 bits per heavy atom. The Kier molecular flexibility index (Phi) is 2.98. The van der Waals surface area contributed by atoms with Gasteiger partial charge in [-0.25, -0.2) is 0 Å². The Labute approximate surface area is 93.4 Å². The van der Waals surface area contributed by atoms with Gasteiger partial charge in [0.2, 0.25) is 0 Å². The lowest BCUT2D eigenvalue weighted by molar-refractivity contribution is 0.653. The fraction of sp³-hybridized carbons (Fsp3) is 0.400. The highest BCUT2D eigenvalue weighted by atomic mass is 35.5. The lowest BCUT2D eigenvalue weighted by Gasteiger charge is -2.14. The molecule has 2 rings (SSSR count). The second-order valence-corrected chi connectivity index (χ2v) is 4.42. The molecule has 76 valence electrons. The van der Waals surface area contributed by atoms with Gasteiger partial charge >= 0.3 is 0 Å². The van der Waals surface area contributed by atoms with Gasteiger partial charge in [-0.05, 0) is 17.7 Å². The molecule has 2 atom stereocenters. The fourth-order valence-corrected chi connectivity index (χ4v) is 2.11. The molecular formula is C10H12Cl2N2. The van der Waals surface area contributed by atoms with Crippen LogP contribution >= 0.6 is 23.2 Å². The van der Waals surface area contributed by atoms with Gasteiger partial charge in [0.05, 0.1) is 10.0 Å². The van der Waals surface area contributed by atoms with Crippen molar-refractivity contribution in [2.24, 2.45) is 5.73 Å². The molecule has 1 saturated heterocycles. The lowest BCUT2D eigenvalue weighted by Crippen LogP contribution is -2.27. The van der Waals surface area contributed by atoms with Gasteiger partial charge in [0, 0.05) is 25.0 Å². The molecule has 1 aliphatic rings. The van der Waals surface area contributed by atoms with Gasteiger partial charge in [0.25, 0.3) is 0 Å². The topological polar surface area (TPSA) is 38.0 Å². The molecule has 1 fully saturated rings. The average Bonchev–Trinajstić information content (AvgIpc) is 2.57. The summed E-state index contributed by atoms with van der Waals surface area (Å²) in [6, 6.07) is 5.89. The predicted molar refractivity (Wildman–Crippen MR) is 60.0 cm³/mol. The van der Waals surface area contributed by atoms with Crippen molar-refractivity contribution in [3.05, 3.63) is 33.8 Å². The molecule has 0 saturated carbocycles. The summed E-state index contributed by atoms with van der Waals surface area (Å²) in [6.45, 7) is 1.78. The van der Waals surface area contributed by atoms with Crippen LogP contribution in [0.3, 0.4) is 0 Å². The summed E-state index contributed by atoms with van der Waals surface area (Å²) in [5.41, 5.74) is 7.12. The Morgan fingerprint density at radius 3 is 2.57 bits per heavy atom. The maximum Gasteiger partial charge on any atom is 0.0595 e. The van der Waals surface area contributed by atoms with E-state index in [-0.39, 0.29) is 6.04 Å². The predicted octanol–water partition coefficient (Wildman–Crippen LogP) is 2.01. The molecule has 0 aliphatic carbocycles. The second kappa shape index (κ2) is 4.07. The number of nitrogens with two attached hydrogens (primary N) is 1. The van der Waals surface area contributed by atoms with Crippen molar-refractivity contribution in [1.29, 1.82) is 0 Å². The van der Waals surface area contributed by atoms with Crippen LogP contribution in [0, 0.1) is 0 Å². The molecule has 0 bridgehead atoms. The Hall–Kier alpha value is -0.280. The summed E-state index contributed by atoms with van der Waals surface area (Å²) >= 11 is 11.8. The van der Waals surface area contributed by atoms with Gasteiger partial charge in [0.15, 0.2) is 0 Å². The van der Waals surface area contributed by atoms with E-state index >= 15 is 0 Å². The van der Waals surface area contributed by atoms with Gasteiger partial charge in [0.1, 0.15) is 0 Å². The minimum absolute atomic E-state index is 0.173. The lowest BCUT2D eigenvalue weighted by atomic mass is 9.95. The molecule has 0 amide bonds. The molecule has 1 aliphatic heterocycles. The minimum Gasteiger partial charge on any atom is -0.326 e. The van der Waals surface area contributed by atoms with Crippen LogP contribution in [0.2, 0.25) is 10.0 Å². The summed E-state index contributed by atoms with van der Waals surface area (Å²) in [6.07, 6.45) is 0. The van der Waals surface area contributed by atoms with Gasteiger partial charge in [-0.2, -0.15) is 0 Å². The van der Waals surface area contributed by atoms with Gasteiger partial charge < -0.3 is 11.1 Å². The standard InChI is InChI=1S/C10H12Cl2N2/c11-8-2-1-6(3-9(8)12)7-4-14-5-10(7)13/h1-3,7,10,14H,4-5,13H2.